The Balaban J connectivity index is 1.19. The van der Waals surface area contributed by atoms with Crippen LogP contribution < -0.4 is 20.3 Å². The number of likely N-dealkylation sites (N-methyl/N-ethyl adjacent to an activating group) is 1. The molecule has 1 aromatic heterocycles. The third-order valence-electron chi connectivity index (χ3n) is 18.0. The van der Waals surface area contributed by atoms with Crippen LogP contribution in [0.2, 0.25) is 0 Å². The van der Waals surface area contributed by atoms with Gasteiger partial charge < -0.3 is 49.5 Å². The molecule has 4 fully saturated rings. The number of anilines is 1. The molecule has 5 aliphatic heterocycles. The summed E-state index contributed by atoms with van der Waals surface area (Å²) >= 11 is 6.12. The zero-order valence-corrected chi connectivity index (χ0v) is 41.7. The molecule has 7 aliphatic rings. The molecule has 2 saturated carbocycles. The van der Waals surface area contributed by atoms with E-state index in [9.17, 15) is 14.7 Å². The summed E-state index contributed by atoms with van der Waals surface area (Å²) < 4.78 is 24.4. The minimum atomic E-state index is -2.30. The maximum absolute atomic E-state index is 15.7. The molecule has 2 bridgehead atoms. The van der Waals surface area contributed by atoms with Gasteiger partial charge in [0.15, 0.2) is 11.2 Å². The van der Waals surface area contributed by atoms with Gasteiger partial charge in [-0.05, 0) is 99.3 Å². The van der Waals surface area contributed by atoms with Crippen LogP contribution in [0.5, 0.6) is 5.75 Å². The van der Waals surface area contributed by atoms with Gasteiger partial charge in [0.1, 0.15) is 11.2 Å². The van der Waals surface area contributed by atoms with Crippen molar-refractivity contribution in [3.63, 3.8) is 0 Å². The van der Waals surface area contributed by atoms with E-state index in [2.05, 4.69) is 68.8 Å². The topological polar surface area (TPSA) is 158 Å². The lowest BCUT2D eigenvalue weighted by Crippen LogP contribution is -2.81. The maximum Gasteiger partial charge on any atom is 0.344 e. The van der Waals surface area contributed by atoms with E-state index in [-0.39, 0.29) is 17.5 Å². The Hall–Kier alpha value is -4.70. The van der Waals surface area contributed by atoms with Crippen molar-refractivity contribution in [1.82, 2.24) is 25.4 Å². The molecular formula is C53H70N6O8S. The number of nitrogens with one attached hydrogen (secondary N) is 3. The number of methoxy groups -OCH3 is 3. The smallest absolute Gasteiger partial charge is 0.344 e. The first-order valence-electron chi connectivity index (χ1n) is 25.0. The number of carbonyl (C=O) groups is 3. The number of fused-ring (bicyclic) bond motifs is 6. The van der Waals surface area contributed by atoms with E-state index in [1.807, 2.05) is 31.0 Å². The van der Waals surface area contributed by atoms with E-state index in [1.54, 1.807) is 7.11 Å². The molecule has 15 heteroatoms. The van der Waals surface area contributed by atoms with Crippen LogP contribution in [0.1, 0.15) is 107 Å². The summed E-state index contributed by atoms with van der Waals surface area (Å²) in [5.74, 6) is -1.36. The van der Waals surface area contributed by atoms with Crippen molar-refractivity contribution in [1.29, 1.82) is 0 Å². The van der Waals surface area contributed by atoms with Gasteiger partial charge in [0.2, 0.25) is 5.60 Å². The zero-order chi connectivity index (χ0) is 48.0. The largest absolute Gasteiger partial charge is 0.496 e. The van der Waals surface area contributed by atoms with Gasteiger partial charge in [0.25, 0.3) is 0 Å². The number of para-hydroxylation sites is 1. The van der Waals surface area contributed by atoms with Crippen LogP contribution in [0.25, 0.3) is 10.9 Å². The van der Waals surface area contributed by atoms with Crippen molar-refractivity contribution < 1.29 is 38.4 Å². The standard InChI is InChI=1S/C53H70N6O8S/c1-8-49(56-48(68)54-34-16-11-10-12-17-34)28-33-29-52(46(61)65-6,42-36(20-24-58(30-33)31-49)35-18-13-14-19-39(35)55-42)38-26-37-40(27-41(38)64-5)57(4)44-51(37)22-25-59-23-15-21-50(9-2,43(51)59)45(67-32(3)60)53(44,63)47(62)66-7/h13-15,18-19,21,26-27,33-34,43-45,55,63H,8-12,16-17,20,22-25,28-31H2,1-7H3,(H2,54,56,68)/t33-,43-,44+,45+,49-,50+,51+,52-,53-/m0/s1. The molecule has 10 atom stereocenters. The Morgan fingerprint density at radius 3 is 2.43 bits per heavy atom. The van der Waals surface area contributed by atoms with Crippen molar-refractivity contribution in [2.24, 2.45) is 11.3 Å². The van der Waals surface area contributed by atoms with Gasteiger partial charge in [-0.2, -0.15) is 0 Å². The number of H-pyrrole nitrogens is 1. The lowest BCUT2D eigenvalue weighted by Gasteiger charge is -2.63. The number of piperidine rings is 1. The van der Waals surface area contributed by atoms with Gasteiger partial charge in [-0.15, -0.1) is 0 Å². The van der Waals surface area contributed by atoms with Gasteiger partial charge >= 0.3 is 17.9 Å². The van der Waals surface area contributed by atoms with Crippen LogP contribution >= 0.6 is 12.2 Å². The van der Waals surface area contributed by atoms with E-state index < -0.39 is 51.9 Å². The lowest BCUT2D eigenvalue weighted by atomic mass is 9.47. The second-order valence-electron chi connectivity index (χ2n) is 21.2. The van der Waals surface area contributed by atoms with Crippen LogP contribution in [0.15, 0.2) is 48.6 Å². The van der Waals surface area contributed by atoms with Gasteiger partial charge in [-0.3, -0.25) is 14.5 Å². The molecule has 3 aromatic rings. The molecule has 68 heavy (non-hydrogen) atoms. The number of rotatable bonds is 9. The average molecular weight is 951 g/mol. The molecule has 366 valence electrons. The maximum atomic E-state index is 15.7. The predicted molar refractivity (Wildman–Crippen MR) is 264 cm³/mol. The van der Waals surface area contributed by atoms with E-state index in [4.69, 9.17) is 31.2 Å². The molecule has 0 radical (unpaired) electrons. The minimum absolute atomic E-state index is 0.00142. The first kappa shape index (κ1) is 47.0. The molecule has 0 amide bonds. The van der Waals surface area contributed by atoms with E-state index in [0.717, 1.165) is 78.7 Å². The summed E-state index contributed by atoms with van der Waals surface area (Å²) in [4.78, 5) is 54.3. The second-order valence-corrected chi connectivity index (χ2v) is 21.6. The lowest BCUT2D eigenvalue weighted by molar-refractivity contribution is -0.228. The predicted octanol–water partition coefficient (Wildman–Crippen LogP) is 5.80. The molecule has 10 rings (SSSR count). The fourth-order valence-corrected chi connectivity index (χ4v) is 15.8. The van der Waals surface area contributed by atoms with Crippen molar-refractivity contribution in [3.8, 4) is 5.75 Å². The minimum Gasteiger partial charge on any atom is -0.496 e. The van der Waals surface area contributed by atoms with Gasteiger partial charge in [0.05, 0.1) is 32.9 Å². The van der Waals surface area contributed by atoms with E-state index in [1.165, 1.54) is 40.4 Å². The van der Waals surface area contributed by atoms with Crippen molar-refractivity contribution in [3.05, 3.63) is 70.9 Å². The highest BCUT2D eigenvalue weighted by molar-refractivity contribution is 7.80. The van der Waals surface area contributed by atoms with Crippen LogP contribution in [0, 0.1) is 11.3 Å². The first-order chi connectivity index (χ1) is 32.7. The number of benzene rings is 2. The number of hydrogen-bond acceptors (Lipinski definition) is 12. The van der Waals surface area contributed by atoms with Crippen molar-refractivity contribution in [2.45, 2.75) is 138 Å². The third-order valence-corrected chi connectivity index (χ3v) is 18.2. The number of ether oxygens (including phenoxy) is 4. The summed E-state index contributed by atoms with van der Waals surface area (Å²) in [6.45, 7) is 9.30. The fraction of sp³-hybridized carbons (Fsp3) is 0.623. The zero-order valence-electron chi connectivity index (χ0n) is 40.9. The SMILES string of the molecule is CC[C@]1(NC(=S)NC2CCCCC2)C[C@@H]2CN(CCc3c([nH]c4ccccc34)[C@@](C(=O)OC)(c3cc4c(cc3OC)N(C)[C@H]3[C@@](O)(C(=O)OC)[C@H](OC(C)=O)[C@]5(CC)C=CCN6CC[C@]43[C@@H]65)C2)C1. The number of nitrogens with zero attached hydrogens (tertiary/aromatic N) is 3. The summed E-state index contributed by atoms with van der Waals surface area (Å²) in [5.41, 5.74) is -0.829. The number of carbonyl (C=O) groups excluding carboxylic acids is 3. The van der Waals surface area contributed by atoms with Gasteiger partial charge in [0, 0.05) is 97.0 Å². The number of thiocarbonyl (C=S) groups is 1. The Labute approximate surface area is 405 Å². The molecular weight excluding hydrogens is 881 g/mol. The van der Waals surface area contributed by atoms with Gasteiger partial charge in [-0.1, -0.05) is 63.5 Å². The first-order valence-corrected chi connectivity index (χ1v) is 25.5. The van der Waals surface area contributed by atoms with Crippen molar-refractivity contribution >= 4 is 51.8 Å². The summed E-state index contributed by atoms with van der Waals surface area (Å²) in [5, 5.41) is 22.8. The van der Waals surface area contributed by atoms with E-state index >= 15 is 4.79 Å². The molecule has 1 unspecified atom stereocenters. The highest BCUT2D eigenvalue weighted by Gasteiger charge is 2.80. The average Bonchev–Trinajstić information content (AvgIpc) is 4.00. The molecule has 4 N–H and O–H groups in total. The quantitative estimate of drug-likeness (QED) is 0.0884. The van der Waals surface area contributed by atoms with Crippen LogP contribution in [-0.2, 0) is 45.8 Å². The number of esters is 3. The number of hydrogen-bond donors (Lipinski definition) is 4. The highest BCUT2D eigenvalue weighted by Crippen LogP contribution is 2.68. The molecule has 14 nitrogen and oxygen atoms in total. The second kappa shape index (κ2) is 17.3. The third kappa shape index (κ3) is 6.71. The molecule has 2 aromatic carbocycles. The molecule has 1 spiro atoms. The van der Waals surface area contributed by atoms with Crippen LogP contribution in [-0.4, -0.2) is 139 Å². The molecule has 6 heterocycles. The Bertz CT molecular complexity index is 2540. The Morgan fingerprint density at radius 1 is 0.956 bits per heavy atom. The van der Waals surface area contributed by atoms with Gasteiger partial charge in [-0.25, -0.2) is 4.79 Å². The normalized spacial score (nSPS) is 35.1. The Morgan fingerprint density at radius 2 is 1.72 bits per heavy atom. The monoisotopic (exact) mass is 950 g/mol. The number of aliphatic hydroxyl groups is 1. The number of aromatic nitrogens is 1. The number of aromatic amines is 1. The highest BCUT2D eigenvalue weighted by atomic mass is 32.1. The van der Waals surface area contributed by atoms with Crippen LogP contribution in [0.3, 0.4) is 0 Å². The summed E-state index contributed by atoms with van der Waals surface area (Å²) in [6.07, 6.45) is 12.6. The van der Waals surface area contributed by atoms with E-state index in [0.29, 0.717) is 61.2 Å². The Kier molecular flexibility index (Phi) is 12.0. The molecule has 2 saturated heterocycles. The summed E-state index contributed by atoms with van der Waals surface area (Å²) in [6, 6.07) is 11.6. The summed E-state index contributed by atoms with van der Waals surface area (Å²) in [7, 11) is 6.28. The van der Waals surface area contributed by atoms with Crippen LogP contribution in [0.4, 0.5) is 5.69 Å². The van der Waals surface area contributed by atoms with Crippen molar-refractivity contribution in [2.75, 3.05) is 66.0 Å². The fourth-order valence-electron chi connectivity index (χ4n) is 15.4. The molecule has 2 aliphatic carbocycles.